The molecule has 0 aliphatic rings. The number of carbonyl (C=O) groups excluding carboxylic acids is 2. The first-order valence-electron chi connectivity index (χ1n) is 8.77. The van der Waals surface area contributed by atoms with Crippen LogP contribution in [0.25, 0.3) is 0 Å². The highest BCUT2D eigenvalue weighted by molar-refractivity contribution is 7.89. The Morgan fingerprint density at radius 2 is 1.78 bits per heavy atom. The largest absolute Gasteiger partial charge is 0.507 e. The second kappa shape index (κ2) is 9.98. The summed E-state index contributed by atoms with van der Waals surface area (Å²) in [6.07, 6.45) is -0.428. The highest BCUT2D eigenvalue weighted by atomic mass is 32.2. The van der Waals surface area contributed by atoms with Crippen LogP contribution >= 0.6 is 0 Å². The van der Waals surface area contributed by atoms with Crippen molar-refractivity contribution in [2.24, 2.45) is 0 Å². The lowest BCUT2D eigenvalue weighted by Crippen LogP contribution is -2.37. The Labute approximate surface area is 180 Å². The molecule has 2 aromatic rings. The number of aromatic hydroxyl groups is 1. The van der Waals surface area contributed by atoms with Gasteiger partial charge < -0.3 is 25.4 Å². The molecule has 11 nitrogen and oxygen atoms in total. The number of amides is 1. The molecule has 0 aliphatic heterocycles. The average molecular weight is 468 g/mol. The molecule has 0 saturated heterocycles. The van der Waals surface area contributed by atoms with E-state index in [0.29, 0.717) is 0 Å². The quantitative estimate of drug-likeness (QED) is 0.309. The third-order valence-corrected chi connectivity index (χ3v) is 5.55. The molecular weight excluding hydrogens is 451 g/mol. The summed E-state index contributed by atoms with van der Waals surface area (Å²) < 4.78 is 41.2. The summed E-state index contributed by atoms with van der Waals surface area (Å²) in [6.45, 7) is -0.546. The highest BCUT2D eigenvalue weighted by Gasteiger charge is 2.20. The number of carboxylic acids is 2. The van der Waals surface area contributed by atoms with Gasteiger partial charge in [-0.3, -0.25) is 9.59 Å². The normalized spacial score (nSPS) is 12.0. The molecule has 0 bridgehead atoms. The van der Waals surface area contributed by atoms with Crippen molar-refractivity contribution < 1.29 is 47.3 Å². The molecule has 1 amide bonds. The highest BCUT2D eigenvalue weighted by Crippen LogP contribution is 2.21. The first kappa shape index (κ1) is 24.4. The van der Waals surface area contributed by atoms with Crippen molar-refractivity contribution in [3.8, 4) is 5.75 Å². The molecule has 5 N–H and O–H groups in total. The molecule has 170 valence electrons. The zero-order valence-corrected chi connectivity index (χ0v) is 16.9. The fourth-order valence-electron chi connectivity index (χ4n) is 2.51. The summed E-state index contributed by atoms with van der Waals surface area (Å²) in [6, 6.07) is 4.33. The molecule has 1 unspecified atom stereocenters. The first-order chi connectivity index (χ1) is 14.9. The molecule has 2 rings (SSSR count). The first-order valence-corrected chi connectivity index (χ1v) is 10.2. The lowest BCUT2D eigenvalue weighted by Gasteiger charge is -2.12. The van der Waals surface area contributed by atoms with E-state index in [-0.39, 0.29) is 17.4 Å². The zero-order valence-electron chi connectivity index (χ0n) is 16.1. The van der Waals surface area contributed by atoms with Crippen LogP contribution in [-0.2, 0) is 26.2 Å². The van der Waals surface area contributed by atoms with E-state index in [1.54, 1.807) is 0 Å². The molecule has 0 aromatic heterocycles. The van der Waals surface area contributed by atoms with Crippen LogP contribution in [0.2, 0.25) is 0 Å². The van der Waals surface area contributed by atoms with Gasteiger partial charge in [0, 0.05) is 17.7 Å². The minimum atomic E-state index is -4.27. The third kappa shape index (κ3) is 6.09. The fourth-order valence-corrected chi connectivity index (χ4v) is 3.55. The average Bonchev–Trinajstić information content (AvgIpc) is 2.71. The standard InChI is InChI=1S/C19H17FN2O9S/c20-15-5-10(18(27)22-12(9-23)6-17(25)26)1-2-11(15)8-21-32(30,31)13-3-4-16(24)14(7-13)19(28)29/h1-5,7,9,12,21,24H,6,8H2,(H,22,27)(H,25,26)(H,28,29). The lowest BCUT2D eigenvalue weighted by molar-refractivity contribution is -0.138. The molecule has 0 fully saturated rings. The van der Waals surface area contributed by atoms with Gasteiger partial charge >= 0.3 is 11.9 Å². The van der Waals surface area contributed by atoms with Crippen LogP contribution in [0.4, 0.5) is 4.39 Å². The van der Waals surface area contributed by atoms with E-state index in [1.165, 1.54) is 0 Å². The molecule has 1 atom stereocenters. The van der Waals surface area contributed by atoms with Crippen LogP contribution in [0.3, 0.4) is 0 Å². The van der Waals surface area contributed by atoms with E-state index < -0.39 is 68.9 Å². The number of carboxylic acid groups (broad SMARTS) is 2. The molecule has 2 aromatic carbocycles. The Balaban J connectivity index is 2.13. The van der Waals surface area contributed by atoms with Crippen LogP contribution < -0.4 is 10.0 Å². The van der Waals surface area contributed by atoms with Crippen LogP contribution in [0.1, 0.15) is 32.7 Å². The van der Waals surface area contributed by atoms with Crippen LogP contribution in [0, 0.1) is 5.82 Å². The topological polar surface area (TPSA) is 187 Å². The van der Waals surface area contributed by atoms with Crippen molar-refractivity contribution in [3.05, 3.63) is 58.9 Å². The number of rotatable bonds is 10. The van der Waals surface area contributed by atoms with Crippen molar-refractivity contribution in [1.29, 1.82) is 0 Å². The number of hydrogen-bond donors (Lipinski definition) is 5. The summed E-state index contributed by atoms with van der Waals surface area (Å²) in [4.78, 5) is 44.1. The smallest absolute Gasteiger partial charge is 0.339 e. The maximum atomic E-state index is 14.4. The van der Waals surface area contributed by atoms with E-state index >= 15 is 0 Å². The number of halogens is 1. The molecule has 0 aliphatic carbocycles. The lowest BCUT2D eigenvalue weighted by atomic mass is 10.1. The summed E-state index contributed by atoms with van der Waals surface area (Å²) in [7, 11) is -4.27. The number of nitrogens with one attached hydrogen (secondary N) is 2. The molecule has 0 spiro atoms. The van der Waals surface area contributed by atoms with E-state index in [0.717, 1.165) is 36.4 Å². The fraction of sp³-hybridized carbons (Fsp3) is 0.158. The van der Waals surface area contributed by atoms with Gasteiger partial charge in [-0.15, -0.1) is 0 Å². The van der Waals surface area contributed by atoms with Crippen molar-refractivity contribution in [2.45, 2.75) is 23.9 Å². The summed E-state index contributed by atoms with van der Waals surface area (Å²) in [5, 5.41) is 29.2. The maximum Gasteiger partial charge on any atom is 0.339 e. The van der Waals surface area contributed by atoms with Gasteiger partial charge in [0.1, 0.15) is 23.4 Å². The molecule has 0 heterocycles. The molecular formula is C19H17FN2O9S. The number of sulfonamides is 1. The second-order valence-electron chi connectivity index (χ2n) is 6.43. The molecule has 32 heavy (non-hydrogen) atoms. The van der Waals surface area contributed by atoms with Gasteiger partial charge in [-0.2, -0.15) is 0 Å². The van der Waals surface area contributed by atoms with Gasteiger partial charge in [0.2, 0.25) is 10.0 Å². The molecule has 0 saturated carbocycles. The van der Waals surface area contributed by atoms with Crippen LogP contribution in [0.5, 0.6) is 5.75 Å². The molecule has 0 radical (unpaired) electrons. The van der Waals surface area contributed by atoms with Gasteiger partial charge in [-0.25, -0.2) is 22.3 Å². The third-order valence-electron chi connectivity index (χ3n) is 4.15. The van der Waals surface area contributed by atoms with Crippen LogP contribution in [0.15, 0.2) is 41.3 Å². The number of carbonyl (C=O) groups is 4. The Kier molecular flexibility index (Phi) is 7.62. The van der Waals surface area contributed by atoms with Gasteiger partial charge in [-0.1, -0.05) is 6.07 Å². The van der Waals surface area contributed by atoms with Crippen LogP contribution in [-0.4, -0.2) is 53.9 Å². The van der Waals surface area contributed by atoms with Gasteiger partial charge in [0.25, 0.3) is 5.91 Å². The van der Waals surface area contributed by atoms with E-state index in [1.807, 2.05) is 0 Å². The summed E-state index contributed by atoms with van der Waals surface area (Å²) in [5.41, 5.74) is -1.01. The number of benzene rings is 2. The maximum absolute atomic E-state index is 14.4. The Hall–Kier alpha value is -3.84. The number of hydrogen-bond acceptors (Lipinski definition) is 7. The predicted octanol–water partition coefficient (Wildman–Crippen LogP) is 0.480. The minimum Gasteiger partial charge on any atom is -0.507 e. The van der Waals surface area contributed by atoms with E-state index in [2.05, 4.69) is 10.0 Å². The second-order valence-corrected chi connectivity index (χ2v) is 8.20. The van der Waals surface area contributed by atoms with E-state index in [4.69, 9.17) is 10.2 Å². The minimum absolute atomic E-state index is 0.153. The number of phenols is 1. The Morgan fingerprint density at radius 3 is 2.34 bits per heavy atom. The van der Waals surface area contributed by atoms with Gasteiger partial charge in [-0.05, 0) is 30.3 Å². The number of aldehydes is 1. The van der Waals surface area contributed by atoms with Gasteiger partial charge in [0.15, 0.2) is 0 Å². The van der Waals surface area contributed by atoms with Crippen molar-refractivity contribution >= 4 is 34.2 Å². The van der Waals surface area contributed by atoms with Crippen molar-refractivity contribution in [3.63, 3.8) is 0 Å². The molecule has 13 heteroatoms. The summed E-state index contributed by atoms with van der Waals surface area (Å²) in [5.74, 6) is -5.35. The Bertz CT molecular complexity index is 1180. The number of aliphatic carboxylic acids is 1. The van der Waals surface area contributed by atoms with Gasteiger partial charge in [0.05, 0.1) is 17.4 Å². The monoisotopic (exact) mass is 468 g/mol. The van der Waals surface area contributed by atoms with Crippen molar-refractivity contribution in [1.82, 2.24) is 10.0 Å². The predicted molar refractivity (Wildman–Crippen MR) is 105 cm³/mol. The number of aromatic carboxylic acids is 1. The van der Waals surface area contributed by atoms with E-state index in [9.17, 15) is 37.1 Å². The summed E-state index contributed by atoms with van der Waals surface area (Å²) >= 11 is 0. The Morgan fingerprint density at radius 1 is 1.09 bits per heavy atom. The SMILES string of the molecule is O=CC(CC(=O)O)NC(=O)c1ccc(CNS(=O)(=O)c2ccc(O)c(C(=O)O)c2)c(F)c1. The zero-order chi connectivity index (χ0) is 24.1. The van der Waals surface area contributed by atoms with Crippen molar-refractivity contribution in [2.75, 3.05) is 0 Å².